The number of allylic oxidation sites excluding steroid dienone is 1. The van der Waals surface area contributed by atoms with Gasteiger partial charge in [0.15, 0.2) is 6.29 Å². The number of halogens is 3. The fraction of sp³-hybridized carbons (Fsp3) is 0.583. The Balaban J connectivity index is 1.80. The molecule has 20 heavy (non-hydrogen) atoms. The molecule has 3 nitrogen and oxygen atoms in total. The van der Waals surface area contributed by atoms with E-state index in [4.69, 9.17) is 0 Å². The van der Waals surface area contributed by atoms with E-state index in [1.807, 2.05) is 6.08 Å². The minimum absolute atomic E-state index is 0.00495. The molecule has 0 aromatic carbocycles. The molecule has 2 heterocycles. The Morgan fingerprint density at radius 1 is 1.45 bits per heavy atom. The number of hydrogen-bond donors (Lipinski definition) is 2. The summed E-state index contributed by atoms with van der Waals surface area (Å²) in [4.78, 5) is 5.19. The third-order valence-electron chi connectivity index (χ3n) is 3.56. The lowest BCUT2D eigenvalue weighted by atomic mass is 9.79. The van der Waals surface area contributed by atoms with Gasteiger partial charge in [0.1, 0.15) is 5.37 Å². The highest BCUT2D eigenvalue weighted by atomic mass is 79.9. The molecule has 3 aliphatic rings. The van der Waals surface area contributed by atoms with Gasteiger partial charge in [-0.1, -0.05) is 17.8 Å². The van der Waals surface area contributed by atoms with E-state index in [9.17, 15) is 19.0 Å². The van der Waals surface area contributed by atoms with Crippen molar-refractivity contribution in [2.75, 3.05) is 0 Å². The van der Waals surface area contributed by atoms with Crippen molar-refractivity contribution in [3.63, 3.8) is 0 Å². The minimum Gasteiger partial charge on any atom is -0.367 e. The summed E-state index contributed by atoms with van der Waals surface area (Å²) in [7, 11) is 0. The molecule has 1 saturated carbocycles. The van der Waals surface area contributed by atoms with Crippen LogP contribution in [0, 0.1) is 5.92 Å². The number of rotatable bonds is 3. The number of nitrogens with zero attached hydrogens (tertiary/aromatic N) is 1. The predicted molar refractivity (Wildman–Crippen MR) is 81.2 cm³/mol. The number of aliphatic imine (C=N–C) groups is 1. The maximum Gasteiger partial charge on any atom is 0.251 e. The molecule has 0 saturated heterocycles. The number of aliphatic hydroxyl groups is 2. The molecule has 1 fully saturated rings. The van der Waals surface area contributed by atoms with Gasteiger partial charge in [0.05, 0.1) is 4.75 Å². The maximum absolute atomic E-state index is 13.2. The Morgan fingerprint density at radius 2 is 2.15 bits per heavy atom. The lowest BCUT2D eigenvalue weighted by Gasteiger charge is -2.48. The average Bonchev–Trinajstić information content (AvgIpc) is 2.67. The zero-order chi connectivity index (χ0) is 14.5. The first-order valence-electron chi connectivity index (χ1n) is 6.02. The smallest absolute Gasteiger partial charge is 0.251 e. The highest BCUT2D eigenvalue weighted by Crippen LogP contribution is 2.59. The number of alkyl halides is 2. The lowest BCUT2D eigenvalue weighted by molar-refractivity contribution is -0.175. The van der Waals surface area contributed by atoms with Crippen molar-refractivity contribution in [1.82, 2.24) is 0 Å². The van der Waals surface area contributed by atoms with Crippen LogP contribution in [0.5, 0.6) is 0 Å². The molecule has 8 heteroatoms. The molecular formula is C12H12BrF2NO2S2. The van der Waals surface area contributed by atoms with Gasteiger partial charge in [-0.25, -0.2) is 8.78 Å². The first-order valence-corrected chi connectivity index (χ1v) is 8.51. The summed E-state index contributed by atoms with van der Waals surface area (Å²) in [5, 5.41) is 19.0. The van der Waals surface area contributed by atoms with Gasteiger partial charge in [-0.3, -0.25) is 4.99 Å². The van der Waals surface area contributed by atoms with E-state index >= 15 is 0 Å². The van der Waals surface area contributed by atoms with Gasteiger partial charge in [-0.2, -0.15) is 0 Å². The van der Waals surface area contributed by atoms with Gasteiger partial charge < -0.3 is 10.2 Å². The SMILES string of the molecule is OC(O)C1(SC2=CC=NC3SC(Br)=CC23)CC(F)(F)C1. The number of thioether (sulfide) groups is 2. The number of hydrogen-bond acceptors (Lipinski definition) is 5. The van der Waals surface area contributed by atoms with E-state index < -0.39 is 29.8 Å². The van der Waals surface area contributed by atoms with Crippen LogP contribution in [0.1, 0.15) is 12.8 Å². The van der Waals surface area contributed by atoms with E-state index in [1.54, 1.807) is 24.1 Å². The molecule has 0 aromatic heterocycles. The summed E-state index contributed by atoms with van der Waals surface area (Å²) in [6.45, 7) is 0. The second-order valence-electron chi connectivity index (χ2n) is 5.12. The standard InChI is InChI=1S/C12H12BrF2NO2S2/c13-8-3-6-7(1-2-16-9(6)19-8)20-11(10(17)18)4-12(14,15)5-11/h1-3,6,9-10,17-18H,4-5H2. The molecule has 2 N–H and O–H groups in total. The molecule has 2 unspecified atom stereocenters. The van der Waals surface area contributed by atoms with Crippen LogP contribution in [-0.2, 0) is 0 Å². The molecule has 3 rings (SSSR count). The van der Waals surface area contributed by atoms with Crippen LogP contribution in [-0.4, -0.2) is 38.8 Å². The van der Waals surface area contributed by atoms with Crippen LogP contribution >= 0.6 is 39.5 Å². The quantitative estimate of drug-likeness (QED) is 0.735. The minimum atomic E-state index is -2.81. The van der Waals surface area contributed by atoms with Crippen LogP contribution in [0.3, 0.4) is 0 Å². The van der Waals surface area contributed by atoms with Gasteiger partial charge in [0, 0.05) is 28.8 Å². The predicted octanol–water partition coefficient (Wildman–Crippen LogP) is 3.09. The molecule has 2 aliphatic heterocycles. The summed E-state index contributed by atoms with van der Waals surface area (Å²) in [5.41, 5.74) is 0. The Kier molecular flexibility index (Phi) is 3.82. The molecule has 2 atom stereocenters. The number of dihydropyridines is 1. The molecule has 0 aromatic rings. The van der Waals surface area contributed by atoms with Gasteiger partial charge in [0.25, 0.3) is 5.92 Å². The Morgan fingerprint density at radius 3 is 2.75 bits per heavy atom. The first kappa shape index (κ1) is 15.0. The second kappa shape index (κ2) is 5.08. The summed E-state index contributed by atoms with van der Waals surface area (Å²) in [6, 6.07) is 0. The lowest BCUT2D eigenvalue weighted by Crippen LogP contribution is -2.56. The molecule has 0 radical (unpaired) electrons. The van der Waals surface area contributed by atoms with Crippen LogP contribution in [0.2, 0.25) is 0 Å². The average molecular weight is 384 g/mol. The van der Waals surface area contributed by atoms with Gasteiger partial charge in [-0.05, 0) is 26.9 Å². The topological polar surface area (TPSA) is 52.8 Å². The summed E-state index contributed by atoms with van der Waals surface area (Å²) >= 11 is 6.13. The summed E-state index contributed by atoms with van der Waals surface area (Å²) < 4.78 is 26.1. The summed E-state index contributed by atoms with van der Waals surface area (Å²) in [6.07, 6.45) is 2.64. The van der Waals surface area contributed by atoms with Crippen molar-refractivity contribution in [3.8, 4) is 0 Å². The Bertz CT molecular complexity index is 514. The molecule has 1 aliphatic carbocycles. The first-order chi connectivity index (χ1) is 9.31. The van der Waals surface area contributed by atoms with Crippen molar-refractivity contribution in [1.29, 1.82) is 0 Å². The van der Waals surface area contributed by atoms with Crippen molar-refractivity contribution in [2.45, 2.75) is 35.2 Å². The molecule has 0 spiro atoms. The normalized spacial score (nSPS) is 33.5. The Hall–Kier alpha value is 0.110. The van der Waals surface area contributed by atoms with Crippen LogP contribution in [0.25, 0.3) is 0 Å². The highest BCUT2D eigenvalue weighted by Gasteiger charge is 2.61. The van der Waals surface area contributed by atoms with Crippen LogP contribution in [0.15, 0.2) is 25.9 Å². The van der Waals surface area contributed by atoms with Crippen LogP contribution in [0.4, 0.5) is 8.78 Å². The van der Waals surface area contributed by atoms with Crippen molar-refractivity contribution < 1.29 is 19.0 Å². The van der Waals surface area contributed by atoms with E-state index in [2.05, 4.69) is 20.9 Å². The van der Waals surface area contributed by atoms with Gasteiger partial charge in [0.2, 0.25) is 0 Å². The monoisotopic (exact) mass is 383 g/mol. The fourth-order valence-electron chi connectivity index (χ4n) is 2.58. The number of aliphatic hydroxyl groups excluding tert-OH is 1. The molecule has 0 amide bonds. The maximum atomic E-state index is 13.2. The van der Waals surface area contributed by atoms with E-state index in [0.29, 0.717) is 0 Å². The highest BCUT2D eigenvalue weighted by molar-refractivity contribution is 9.14. The molecule has 110 valence electrons. The van der Waals surface area contributed by atoms with Gasteiger partial charge >= 0.3 is 0 Å². The van der Waals surface area contributed by atoms with E-state index in [1.165, 1.54) is 0 Å². The summed E-state index contributed by atoms with van der Waals surface area (Å²) in [5.74, 6) is -2.80. The third kappa shape index (κ3) is 2.61. The van der Waals surface area contributed by atoms with E-state index in [0.717, 1.165) is 20.5 Å². The zero-order valence-electron chi connectivity index (χ0n) is 10.2. The Labute approximate surface area is 131 Å². The van der Waals surface area contributed by atoms with Crippen molar-refractivity contribution >= 4 is 45.7 Å². The van der Waals surface area contributed by atoms with Gasteiger partial charge in [-0.15, -0.1) is 11.8 Å². The second-order valence-corrected chi connectivity index (χ2v) is 9.15. The van der Waals surface area contributed by atoms with E-state index in [-0.39, 0.29) is 11.3 Å². The molecular weight excluding hydrogens is 372 g/mol. The zero-order valence-corrected chi connectivity index (χ0v) is 13.4. The van der Waals surface area contributed by atoms with Crippen molar-refractivity contribution in [3.05, 3.63) is 20.9 Å². The number of fused-ring (bicyclic) bond motifs is 1. The fourth-order valence-corrected chi connectivity index (χ4v) is 6.09. The third-order valence-corrected chi connectivity index (χ3v) is 6.95. The van der Waals surface area contributed by atoms with Crippen LogP contribution < -0.4 is 0 Å². The van der Waals surface area contributed by atoms with Crippen molar-refractivity contribution in [2.24, 2.45) is 10.9 Å². The largest absolute Gasteiger partial charge is 0.367 e. The molecule has 0 bridgehead atoms.